The number of aromatic nitrogens is 2. The van der Waals surface area contributed by atoms with E-state index in [1.807, 2.05) is 31.6 Å². The van der Waals surface area contributed by atoms with Gasteiger partial charge in [0.15, 0.2) is 5.16 Å². The van der Waals surface area contributed by atoms with Gasteiger partial charge in [0.2, 0.25) is 0 Å². The van der Waals surface area contributed by atoms with Crippen molar-refractivity contribution in [1.82, 2.24) is 9.97 Å². The molecular formula is C15H13Cl2N3S. The third-order valence-electron chi connectivity index (χ3n) is 3.33. The maximum atomic E-state index is 6.31. The van der Waals surface area contributed by atoms with Crippen LogP contribution in [0.1, 0.15) is 11.1 Å². The minimum atomic E-state index is 0.641. The molecule has 1 aromatic carbocycles. The van der Waals surface area contributed by atoms with Gasteiger partial charge in [-0.1, -0.05) is 41.0 Å². The second-order valence-corrected chi connectivity index (χ2v) is 6.40. The Bertz CT molecular complexity index is 731. The lowest BCUT2D eigenvalue weighted by molar-refractivity contribution is 0.898. The lowest BCUT2D eigenvalue weighted by atomic mass is 10.00. The molecule has 0 aliphatic carbocycles. The third-order valence-corrected chi connectivity index (χ3v) is 4.44. The van der Waals surface area contributed by atoms with E-state index in [0.29, 0.717) is 10.0 Å². The fraction of sp³-hybridized carbons (Fsp3) is 0.200. The van der Waals surface area contributed by atoms with Gasteiger partial charge in [0.25, 0.3) is 0 Å². The minimum absolute atomic E-state index is 0.641. The molecule has 0 unspecified atom stereocenters. The third kappa shape index (κ3) is 2.89. The highest BCUT2D eigenvalue weighted by Gasteiger charge is 2.19. The maximum absolute atomic E-state index is 6.31. The first kappa shape index (κ1) is 14.7. The molecule has 0 bridgehead atoms. The summed E-state index contributed by atoms with van der Waals surface area (Å²) >= 11 is 13.8. The molecule has 0 saturated carbocycles. The molecule has 1 aromatic heterocycles. The van der Waals surface area contributed by atoms with Crippen LogP contribution in [0.4, 0.5) is 5.82 Å². The summed E-state index contributed by atoms with van der Waals surface area (Å²) in [4.78, 5) is 11.0. The normalized spacial score (nSPS) is 13.9. The molecule has 0 fully saturated rings. The van der Waals surface area contributed by atoms with Crippen LogP contribution < -0.4 is 4.90 Å². The van der Waals surface area contributed by atoms with Crippen molar-refractivity contribution in [2.75, 3.05) is 24.7 Å². The average Bonchev–Trinajstić information content (AvgIpc) is 2.47. The smallest absolute Gasteiger partial charge is 0.189 e. The number of thioether (sulfide) groups is 1. The molecule has 1 aliphatic heterocycles. The Morgan fingerprint density at radius 2 is 2.10 bits per heavy atom. The summed E-state index contributed by atoms with van der Waals surface area (Å²) in [5, 5.41) is 2.08. The van der Waals surface area contributed by atoms with Crippen LogP contribution in [0, 0.1) is 0 Å². The Morgan fingerprint density at radius 3 is 2.81 bits per heavy atom. The summed E-state index contributed by atoms with van der Waals surface area (Å²) in [5.74, 6) is 0.947. The Hall–Kier alpha value is -1.23. The van der Waals surface area contributed by atoms with E-state index in [1.54, 1.807) is 6.07 Å². The van der Waals surface area contributed by atoms with Gasteiger partial charge in [-0.15, -0.1) is 0 Å². The van der Waals surface area contributed by atoms with Gasteiger partial charge >= 0.3 is 0 Å². The van der Waals surface area contributed by atoms with Crippen LogP contribution in [0.3, 0.4) is 0 Å². The molecule has 1 aliphatic rings. The summed E-state index contributed by atoms with van der Waals surface area (Å²) in [5.41, 5.74) is 3.13. The van der Waals surface area contributed by atoms with E-state index in [9.17, 15) is 0 Å². The number of anilines is 1. The van der Waals surface area contributed by atoms with Gasteiger partial charge in [0, 0.05) is 35.4 Å². The van der Waals surface area contributed by atoms with E-state index in [-0.39, 0.29) is 0 Å². The van der Waals surface area contributed by atoms with Gasteiger partial charge in [0.1, 0.15) is 5.82 Å². The van der Waals surface area contributed by atoms with Crippen LogP contribution in [0.25, 0.3) is 11.6 Å². The van der Waals surface area contributed by atoms with Crippen LogP contribution >= 0.6 is 35.0 Å². The van der Waals surface area contributed by atoms with Crippen LogP contribution in [0.2, 0.25) is 10.0 Å². The molecule has 0 saturated heterocycles. The van der Waals surface area contributed by atoms with E-state index in [4.69, 9.17) is 23.2 Å². The first-order chi connectivity index (χ1) is 10.1. The fourth-order valence-electron chi connectivity index (χ4n) is 2.35. The van der Waals surface area contributed by atoms with Crippen molar-refractivity contribution in [3.8, 4) is 0 Å². The summed E-state index contributed by atoms with van der Waals surface area (Å²) in [6.45, 7) is 0.749. The van der Waals surface area contributed by atoms with E-state index in [1.165, 1.54) is 11.8 Å². The van der Waals surface area contributed by atoms with E-state index >= 15 is 0 Å². The van der Waals surface area contributed by atoms with Crippen LogP contribution in [0.5, 0.6) is 0 Å². The van der Waals surface area contributed by atoms with E-state index in [2.05, 4.69) is 20.9 Å². The van der Waals surface area contributed by atoms with Crippen LogP contribution in [0.15, 0.2) is 29.6 Å². The lowest BCUT2D eigenvalue weighted by Gasteiger charge is -2.27. The molecular weight excluding hydrogens is 325 g/mol. The summed E-state index contributed by atoms with van der Waals surface area (Å²) in [7, 11) is 2.02. The highest BCUT2D eigenvalue weighted by Crippen LogP contribution is 2.34. The molecule has 0 atom stereocenters. The van der Waals surface area contributed by atoms with Crippen molar-refractivity contribution in [3.05, 3.63) is 45.6 Å². The maximum Gasteiger partial charge on any atom is 0.189 e. The van der Waals surface area contributed by atoms with Gasteiger partial charge in [0.05, 0.1) is 0 Å². The fourth-order valence-corrected chi connectivity index (χ4v) is 3.21. The van der Waals surface area contributed by atoms with Crippen LogP contribution in [-0.4, -0.2) is 29.8 Å². The topological polar surface area (TPSA) is 29.0 Å². The number of rotatable bonds is 2. The van der Waals surface area contributed by atoms with Crippen molar-refractivity contribution in [3.63, 3.8) is 0 Å². The lowest BCUT2D eigenvalue weighted by Crippen LogP contribution is -2.25. The molecule has 0 amide bonds. The Morgan fingerprint density at radius 1 is 1.29 bits per heavy atom. The molecule has 3 nitrogen and oxygen atoms in total. The highest BCUT2D eigenvalue weighted by atomic mass is 35.5. The predicted molar refractivity (Wildman–Crippen MR) is 91.4 cm³/mol. The van der Waals surface area contributed by atoms with Crippen molar-refractivity contribution in [2.24, 2.45) is 0 Å². The van der Waals surface area contributed by atoms with Crippen molar-refractivity contribution in [1.29, 1.82) is 0 Å². The number of halogens is 2. The molecule has 0 spiro atoms. The highest BCUT2D eigenvalue weighted by molar-refractivity contribution is 7.98. The van der Waals surface area contributed by atoms with Gasteiger partial charge in [-0.3, -0.25) is 0 Å². The van der Waals surface area contributed by atoms with Gasteiger partial charge in [-0.2, -0.15) is 0 Å². The standard InChI is InChI=1S/C15H13Cl2N3S/c1-20-8-10(12-4-3-11(16)6-13(12)17)5-9-7-18-15(21-2)19-14(9)20/h3-7H,8H2,1-2H3. The van der Waals surface area contributed by atoms with Crippen molar-refractivity contribution >= 4 is 52.4 Å². The summed E-state index contributed by atoms with van der Waals surface area (Å²) < 4.78 is 0. The molecule has 2 aromatic rings. The Balaban J connectivity index is 2.07. The summed E-state index contributed by atoms with van der Waals surface area (Å²) in [6.07, 6.45) is 5.92. The second-order valence-electron chi connectivity index (χ2n) is 4.79. The molecule has 6 heteroatoms. The largest absolute Gasteiger partial charge is 0.355 e. The number of nitrogens with zero attached hydrogens (tertiary/aromatic N) is 3. The second kappa shape index (κ2) is 5.87. The first-order valence-electron chi connectivity index (χ1n) is 6.36. The summed E-state index contributed by atoms with van der Waals surface area (Å²) in [6, 6.07) is 5.57. The Kier molecular flexibility index (Phi) is 4.11. The van der Waals surface area contributed by atoms with E-state index < -0.39 is 0 Å². The monoisotopic (exact) mass is 337 g/mol. The molecule has 0 radical (unpaired) electrons. The van der Waals surface area contributed by atoms with Gasteiger partial charge in [-0.25, -0.2) is 9.97 Å². The zero-order chi connectivity index (χ0) is 15.0. The first-order valence-corrected chi connectivity index (χ1v) is 8.34. The quantitative estimate of drug-likeness (QED) is 0.596. The minimum Gasteiger partial charge on any atom is -0.355 e. The van der Waals surface area contributed by atoms with Crippen LogP contribution in [-0.2, 0) is 0 Å². The number of hydrogen-bond donors (Lipinski definition) is 0. The average molecular weight is 338 g/mol. The number of benzene rings is 1. The number of hydrogen-bond acceptors (Lipinski definition) is 4. The zero-order valence-corrected chi connectivity index (χ0v) is 13.9. The molecule has 21 heavy (non-hydrogen) atoms. The van der Waals surface area contributed by atoms with Gasteiger partial charge < -0.3 is 4.90 Å². The zero-order valence-electron chi connectivity index (χ0n) is 11.6. The number of fused-ring (bicyclic) bond motifs is 1. The molecule has 3 rings (SSSR count). The van der Waals surface area contributed by atoms with Gasteiger partial charge in [-0.05, 0) is 35.6 Å². The SMILES string of the molecule is CSc1ncc2c(n1)N(C)CC(c1ccc(Cl)cc1Cl)=C2. The van der Waals surface area contributed by atoms with Crippen molar-refractivity contribution in [2.45, 2.75) is 5.16 Å². The molecule has 108 valence electrons. The van der Waals surface area contributed by atoms with E-state index in [0.717, 1.165) is 34.2 Å². The predicted octanol–water partition coefficient (Wildman–Crippen LogP) is 4.50. The van der Waals surface area contributed by atoms with Crippen molar-refractivity contribution < 1.29 is 0 Å². The Labute approximate surface area is 138 Å². The molecule has 2 heterocycles. The molecule has 0 N–H and O–H groups in total. The number of likely N-dealkylation sites (N-methyl/N-ethyl adjacent to an activating group) is 1.